The Morgan fingerprint density at radius 3 is 2.72 bits per heavy atom. The van der Waals surface area contributed by atoms with Gasteiger partial charge in [0.2, 0.25) is 0 Å². The van der Waals surface area contributed by atoms with Gasteiger partial charge in [-0.25, -0.2) is 4.39 Å². The molecule has 3 atom stereocenters. The van der Waals surface area contributed by atoms with Crippen molar-refractivity contribution in [3.63, 3.8) is 0 Å². The predicted octanol–water partition coefficient (Wildman–Crippen LogP) is 3.03. The van der Waals surface area contributed by atoms with Crippen LogP contribution in [0.4, 0.5) is 4.39 Å². The lowest BCUT2D eigenvalue weighted by Gasteiger charge is -2.35. The zero-order chi connectivity index (χ0) is 13.3. The fourth-order valence-electron chi connectivity index (χ4n) is 2.61. The van der Waals surface area contributed by atoms with E-state index in [2.05, 4.69) is 19.2 Å². The molecule has 1 aromatic rings. The summed E-state index contributed by atoms with van der Waals surface area (Å²) in [7, 11) is 0. The Morgan fingerprint density at radius 1 is 1.39 bits per heavy atom. The van der Waals surface area contributed by atoms with E-state index in [0.717, 1.165) is 18.4 Å². The molecular weight excluding hydrogens is 229 g/mol. The summed E-state index contributed by atoms with van der Waals surface area (Å²) >= 11 is 0. The molecule has 3 heteroatoms. The largest absolute Gasteiger partial charge is 0.393 e. The molecule has 1 saturated heterocycles. The highest BCUT2D eigenvalue weighted by molar-refractivity contribution is 5.21. The van der Waals surface area contributed by atoms with E-state index in [9.17, 15) is 9.50 Å². The number of benzene rings is 1. The number of hydrogen-bond acceptors (Lipinski definition) is 2. The molecule has 2 N–H and O–H groups in total. The molecule has 100 valence electrons. The summed E-state index contributed by atoms with van der Waals surface area (Å²) in [6.45, 7) is 5.98. The van der Waals surface area contributed by atoms with E-state index in [1.807, 2.05) is 13.0 Å². The molecule has 1 aromatic carbocycles. The SMILES string of the molecule is CC(O)C(C)(C)C1CCC(c2cccc(F)c2)N1. The molecule has 0 aromatic heterocycles. The average molecular weight is 251 g/mol. The van der Waals surface area contributed by atoms with Crippen LogP contribution in [0.25, 0.3) is 0 Å². The predicted molar refractivity (Wildman–Crippen MR) is 70.8 cm³/mol. The van der Waals surface area contributed by atoms with E-state index in [4.69, 9.17) is 0 Å². The molecule has 0 amide bonds. The molecule has 0 aliphatic carbocycles. The van der Waals surface area contributed by atoms with E-state index in [1.165, 1.54) is 6.07 Å². The molecule has 0 bridgehead atoms. The number of aliphatic hydroxyl groups is 1. The quantitative estimate of drug-likeness (QED) is 0.865. The van der Waals surface area contributed by atoms with Crippen molar-refractivity contribution < 1.29 is 9.50 Å². The maximum Gasteiger partial charge on any atom is 0.123 e. The molecule has 0 saturated carbocycles. The fraction of sp³-hybridized carbons (Fsp3) is 0.600. The van der Waals surface area contributed by atoms with E-state index in [-0.39, 0.29) is 29.4 Å². The van der Waals surface area contributed by atoms with Gasteiger partial charge in [-0.2, -0.15) is 0 Å². The van der Waals surface area contributed by atoms with Gasteiger partial charge in [0, 0.05) is 17.5 Å². The first-order valence-electron chi connectivity index (χ1n) is 6.61. The molecule has 18 heavy (non-hydrogen) atoms. The van der Waals surface area contributed by atoms with Crippen LogP contribution in [0.5, 0.6) is 0 Å². The minimum Gasteiger partial charge on any atom is -0.393 e. The molecule has 3 unspecified atom stereocenters. The second-order valence-corrected chi connectivity index (χ2v) is 5.90. The minimum atomic E-state index is -0.360. The molecule has 2 nitrogen and oxygen atoms in total. The van der Waals surface area contributed by atoms with Gasteiger partial charge >= 0.3 is 0 Å². The first kappa shape index (κ1) is 13.5. The Hall–Kier alpha value is -0.930. The molecular formula is C15H22FNO. The summed E-state index contributed by atoms with van der Waals surface area (Å²) in [6.07, 6.45) is 1.64. The van der Waals surface area contributed by atoms with E-state index < -0.39 is 0 Å². The highest BCUT2D eigenvalue weighted by Gasteiger charge is 2.38. The summed E-state index contributed by atoms with van der Waals surface area (Å²) in [5.41, 5.74) is 0.834. The van der Waals surface area contributed by atoms with Crippen LogP contribution in [0, 0.1) is 11.2 Å². The third-order valence-electron chi connectivity index (χ3n) is 4.37. The molecule has 0 radical (unpaired) electrons. The Morgan fingerprint density at radius 2 is 2.11 bits per heavy atom. The topological polar surface area (TPSA) is 32.3 Å². The minimum absolute atomic E-state index is 0.165. The van der Waals surface area contributed by atoms with Crippen LogP contribution < -0.4 is 5.32 Å². The van der Waals surface area contributed by atoms with Crippen molar-refractivity contribution in [2.24, 2.45) is 5.41 Å². The van der Waals surface area contributed by atoms with Crippen molar-refractivity contribution in [2.75, 3.05) is 0 Å². The number of halogens is 1. The van der Waals surface area contributed by atoms with Crippen molar-refractivity contribution in [1.82, 2.24) is 5.32 Å². The van der Waals surface area contributed by atoms with Crippen LogP contribution in [0.2, 0.25) is 0 Å². The van der Waals surface area contributed by atoms with Crippen LogP contribution in [0.3, 0.4) is 0 Å². The van der Waals surface area contributed by atoms with Gasteiger partial charge in [-0.3, -0.25) is 0 Å². The fourth-order valence-corrected chi connectivity index (χ4v) is 2.61. The molecule has 1 fully saturated rings. The van der Waals surface area contributed by atoms with Crippen molar-refractivity contribution in [2.45, 2.75) is 51.8 Å². The smallest absolute Gasteiger partial charge is 0.123 e. The Balaban J connectivity index is 2.09. The molecule has 1 aliphatic rings. The first-order chi connectivity index (χ1) is 8.41. The van der Waals surface area contributed by atoms with E-state index >= 15 is 0 Å². The summed E-state index contributed by atoms with van der Waals surface area (Å²) < 4.78 is 13.2. The zero-order valence-electron chi connectivity index (χ0n) is 11.3. The van der Waals surface area contributed by atoms with Gasteiger partial charge in [0.1, 0.15) is 5.82 Å². The van der Waals surface area contributed by atoms with Gasteiger partial charge in [-0.15, -0.1) is 0 Å². The van der Waals surface area contributed by atoms with Crippen LogP contribution in [-0.4, -0.2) is 17.3 Å². The van der Waals surface area contributed by atoms with Gasteiger partial charge in [-0.1, -0.05) is 26.0 Å². The zero-order valence-corrected chi connectivity index (χ0v) is 11.3. The Bertz CT molecular complexity index is 417. The molecule has 1 aliphatic heterocycles. The monoisotopic (exact) mass is 251 g/mol. The maximum atomic E-state index is 13.2. The lowest BCUT2D eigenvalue weighted by Crippen LogP contribution is -2.44. The highest BCUT2D eigenvalue weighted by Crippen LogP contribution is 2.37. The van der Waals surface area contributed by atoms with Crippen molar-refractivity contribution in [3.05, 3.63) is 35.6 Å². The van der Waals surface area contributed by atoms with Gasteiger partial charge in [-0.05, 0) is 37.5 Å². The normalized spacial score (nSPS) is 26.3. The van der Waals surface area contributed by atoms with Crippen LogP contribution in [0.15, 0.2) is 24.3 Å². The Kier molecular flexibility index (Phi) is 3.74. The molecule has 1 heterocycles. The van der Waals surface area contributed by atoms with Gasteiger partial charge in [0.15, 0.2) is 0 Å². The number of rotatable bonds is 3. The lowest BCUT2D eigenvalue weighted by atomic mass is 9.79. The molecule has 0 spiro atoms. The van der Waals surface area contributed by atoms with Gasteiger partial charge in [0.05, 0.1) is 6.10 Å². The third-order valence-corrected chi connectivity index (χ3v) is 4.37. The van der Waals surface area contributed by atoms with Crippen LogP contribution in [0.1, 0.15) is 45.2 Å². The van der Waals surface area contributed by atoms with E-state index in [0.29, 0.717) is 0 Å². The second kappa shape index (κ2) is 4.98. The summed E-state index contributed by atoms with van der Waals surface area (Å²) in [5.74, 6) is -0.187. The average Bonchev–Trinajstić information content (AvgIpc) is 2.78. The number of hydrogen-bond donors (Lipinski definition) is 2. The van der Waals surface area contributed by atoms with E-state index in [1.54, 1.807) is 12.1 Å². The van der Waals surface area contributed by atoms with Crippen molar-refractivity contribution in [1.29, 1.82) is 0 Å². The highest BCUT2D eigenvalue weighted by atomic mass is 19.1. The molecule has 2 rings (SSSR count). The summed E-state index contributed by atoms with van der Waals surface area (Å²) in [4.78, 5) is 0. The summed E-state index contributed by atoms with van der Waals surface area (Å²) in [6, 6.07) is 7.23. The number of nitrogens with one attached hydrogen (secondary N) is 1. The lowest BCUT2D eigenvalue weighted by molar-refractivity contribution is 0.0397. The second-order valence-electron chi connectivity index (χ2n) is 5.90. The first-order valence-corrected chi connectivity index (χ1v) is 6.61. The van der Waals surface area contributed by atoms with Crippen molar-refractivity contribution in [3.8, 4) is 0 Å². The van der Waals surface area contributed by atoms with Gasteiger partial charge in [0.25, 0.3) is 0 Å². The summed E-state index contributed by atoms with van der Waals surface area (Å²) in [5, 5.41) is 13.4. The van der Waals surface area contributed by atoms with Gasteiger partial charge < -0.3 is 10.4 Å². The Labute approximate surface area is 108 Å². The number of aliphatic hydroxyl groups excluding tert-OH is 1. The van der Waals surface area contributed by atoms with Crippen LogP contribution in [-0.2, 0) is 0 Å². The van der Waals surface area contributed by atoms with Crippen LogP contribution >= 0.6 is 0 Å². The van der Waals surface area contributed by atoms with Crippen molar-refractivity contribution >= 4 is 0 Å². The standard InChI is InChI=1S/C15H22FNO/c1-10(18)15(2,3)14-8-7-13(17-14)11-5-4-6-12(16)9-11/h4-6,9-10,13-14,17-18H,7-8H2,1-3H3. The third kappa shape index (κ3) is 2.57. The maximum absolute atomic E-state index is 13.2.